The Morgan fingerprint density at radius 1 is 1.07 bits per heavy atom. The number of halogens is 2. The highest BCUT2D eigenvalue weighted by Gasteiger charge is 2.18. The van der Waals surface area contributed by atoms with Gasteiger partial charge in [-0.2, -0.15) is 5.10 Å². The van der Waals surface area contributed by atoms with E-state index < -0.39 is 0 Å². The van der Waals surface area contributed by atoms with E-state index in [1.165, 1.54) is 17.8 Å². The number of hydrogen-bond donors (Lipinski definition) is 1. The monoisotopic (exact) mass is 388 g/mol. The largest absolute Gasteiger partial charge is 0.297 e. The number of nitrogens with one attached hydrogen (secondary N) is 1. The first-order valence-electron chi connectivity index (χ1n) is 8.86. The summed E-state index contributed by atoms with van der Waals surface area (Å²) in [6.45, 7) is 4.59. The van der Waals surface area contributed by atoms with Gasteiger partial charge in [0.15, 0.2) is 0 Å². The van der Waals surface area contributed by atoms with Gasteiger partial charge in [-0.3, -0.25) is 14.6 Å². The van der Waals surface area contributed by atoms with E-state index in [9.17, 15) is 9.18 Å². The first kappa shape index (κ1) is 19.5. The van der Waals surface area contributed by atoms with Crippen molar-refractivity contribution in [3.05, 3.63) is 70.5 Å². The summed E-state index contributed by atoms with van der Waals surface area (Å²) in [5, 5.41) is 4.58. The Morgan fingerprint density at radius 3 is 2.44 bits per heavy atom. The summed E-state index contributed by atoms with van der Waals surface area (Å²) in [5.41, 5.74) is 4.03. The van der Waals surface area contributed by atoms with E-state index in [-0.39, 0.29) is 18.3 Å². The molecule has 1 aliphatic rings. The van der Waals surface area contributed by atoms with Gasteiger partial charge in [-0.25, -0.2) is 9.82 Å². The number of piperazine rings is 1. The summed E-state index contributed by atoms with van der Waals surface area (Å²) in [5.74, 6) is -0.568. The van der Waals surface area contributed by atoms with Crippen LogP contribution in [0.3, 0.4) is 0 Å². The summed E-state index contributed by atoms with van der Waals surface area (Å²) >= 11 is 5.91. The summed E-state index contributed by atoms with van der Waals surface area (Å²) in [6.07, 6.45) is 1.32. The number of nitrogens with zero attached hydrogens (tertiary/aromatic N) is 3. The lowest BCUT2D eigenvalue weighted by Crippen LogP contribution is -2.48. The maximum Gasteiger partial charge on any atom is 0.254 e. The van der Waals surface area contributed by atoms with Crippen molar-refractivity contribution in [2.24, 2.45) is 5.10 Å². The molecule has 0 radical (unpaired) electrons. The number of carbonyl (C=O) groups excluding carboxylic acids is 1. The predicted molar refractivity (Wildman–Crippen MR) is 105 cm³/mol. The van der Waals surface area contributed by atoms with Crippen LogP contribution in [-0.2, 0) is 11.3 Å². The van der Waals surface area contributed by atoms with E-state index in [0.717, 1.165) is 37.7 Å². The standard InChI is InChI=1S/C20H22ClFN4O/c21-18-7-5-16(6-8-18)14-25-9-11-26(12-10-25)15-20(27)24-23-13-17-3-1-2-4-19(17)22/h1-8,13H,9-12,14-15H2,(H,24,27)/b23-13-. The van der Waals surface area contributed by atoms with Gasteiger partial charge in [0.05, 0.1) is 12.8 Å². The molecule has 0 aliphatic carbocycles. The Kier molecular flexibility index (Phi) is 6.92. The van der Waals surface area contributed by atoms with Crippen LogP contribution in [0.25, 0.3) is 0 Å². The van der Waals surface area contributed by atoms with E-state index in [1.807, 2.05) is 24.3 Å². The Hall–Kier alpha value is -2.28. The van der Waals surface area contributed by atoms with Gasteiger partial charge in [0.2, 0.25) is 0 Å². The Balaban J connectivity index is 1.39. The van der Waals surface area contributed by atoms with Crippen molar-refractivity contribution in [1.82, 2.24) is 15.2 Å². The SMILES string of the molecule is O=C(CN1CCN(Cc2ccc(Cl)cc2)CC1)N/N=C\c1ccccc1F. The molecule has 1 saturated heterocycles. The van der Waals surface area contributed by atoms with Crippen molar-refractivity contribution < 1.29 is 9.18 Å². The van der Waals surface area contributed by atoms with Crippen LogP contribution < -0.4 is 5.43 Å². The molecule has 0 aromatic heterocycles. The molecule has 27 heavy (non-hydrogen) atoms. The van der Waals surface area contributed by atoms with Gasteiger partial charge < -0.3 is 0 Å². The molecule has 1 heterocycles. The molecule has 0 spiro atoms. The van der Waals surface area contributed by atoms with Crippen LogP contribution in [0, 0.1) is 5.82 Å². The third-order valence-corrected chi connectivity index (χ3v) is 4.70. The molecular weight excluding hydrogens is 367 g/mol. The van der Waals surface area contributed by atoms with Gasteiger partial charge in [0.1, 0.15) is 5.82 Å². The fraction of sp³-hybridized carbons (Fsp3) is 0.300. The second kappa shape index (κ2) is 9.60. The lowest BCUT2D eigenvalue weighted by Gasteiger charge is -2.34. The molecule has 1 N–H and O–H groups in total. The first-order valence-corrected chi connectivity index (χ1v) is 9.23. The van der Waals surface area contributed by atoms with Crippen LogP contribution in [-0.4, -0.2) is 54.6 Å². The number of hydrazone groups is 1. The minimum atomic E-state index is -0.368. The van der Waals surface area contributed by atoms with Gasteiger partial charge in [0.25, 0.3) is 5.91 Å². The zero-order chi connectivity index (χ0) is 19.1. The summed E-state index contributed by atoms with van der Waals surface area (Å²) in [4.78, 5) is 16.4. The van der Waals surface area contributed by atoms with Crippen LogP contribution in [0.4, 0.5) is 4.39 Å². The minimum Gasteiger partial charge on any atom is -0.297 e. The molecule has 2 aromatic rings. The van der Waals surface area contributed by atoms with E-state index in [2.05, 4.69) is 20.3 Å². The number of rotatable bonds is 6. The maximum absolute atomic E-state index is 13.5. The van der Waals surface area contributed by atoms with Crippen LogP contribution in [0.5, 0.6) is 0 Å². The second-order valence-corrected chi connectivity index (χ2v) is 6.93. The fourth-order valence-corrected chi connectivity index (χ4v) is 3.07. The number of hydrogen-bond acceptors (Lipinski definition) is 4. The van der Waals surface area contributed by atoms with Crippen molar-refractivity contribution in [3.63, 3.8) is 0 Å². The lowest BCUT2D eigenvalue weighted by molar-refractivity contribution is -0.122. The minimum absolute atomic E-state index is 0.200. The first-order chi connectivity index (χ1) is 13.1. The van der Waals surface area contributed by atoms with Gasteiger partial charge in [-0.15, -0.1) is 0 Å². The number of carbonyl (C=O) groups is 1. The Labute approximate surface area is 163 Å². The lowest BCUT2D eigenvalue weighted by atomic mass is 10.2. The molecule has 142 valence electrons. The molecule has 0 atom stereocenters. The van der Waals surface area contributed by atoms with Gasteiger partial charge >= 0.3 is 0 Å². The van der Waals surface area contributed by atoms with Crippen LogP contribution >= 0.6 is 11.6 Å². The fourth-order valence-electron chi connectivity index (χ4n) is 2.95. The highest BCUT2D eigenvalue weighted by molar-refractivity contribution is 6.30. The van der Waals surface area contributed by atoms with E-state index in [0.29, 0.717) is 5.56 Å². The molecule has 3 rings (SSSR count). The second-order valence-electron chi connectivity index (χ2n) is 6.49. The van der Waals surface area contributed by atoms with Gasteiger partial charge in [0, 0.05) is 43.3 Å². The molecule has 2 aromatic carbocycles. The van der Waals surface area contributed by atoms with Crippen molar-refractivity contribution in [2.45, 2.75) is 6.54 Å². The van der Waals surface area contributed by atoms with E-state index in [1.54, 1.807) is 18.2 Å². The molecule has 7 heteroatoms. The average molecular weight is 389 g/mol. The maximum atomic E-state index is 13.5. The Morgan fingerprint density at radius 2 is 1.74 bits per heavy atom. The predicted octanol–water partition coefficient (Wildman–Crippen LogP) is 2.75. The third kappa shape index (κ3) is 6.13. The molecule has 1 fully saturated rings. The van der Waals surface area contributed by atoms with Crippen molar-refractivity contribution in [2.75, 3.05) is 32.7 Å². The van der Waals surface area contributed by atoms with Crippen molar-refractivity contribution in [1.29, 1.82) is 0 Å². The number of amides is 1. The van der Waals surface area contributed by atoms with Crippen LogP contribution in [0.15, 0.2) is 53.6 Å². The van der Waals surface area contributed by atoms with Gasteiger partial charge in [-0.1, -0.05) is 41.9 Å². The molecule has 5 nitrogen and oxygen atoms in total. The quantitative estimate of drug-likeness (QED) is 0.611. The summed E-state index contributed by atoms with van der Waals surface area (Å²) in [7, 11) is 0. The topological polar surface area (TPSA) is 47.9 Å². The van der Waals surface area contributed by atoms with Crippen LogP contribution in [0.2, 0.25) is 5.02 Å². The molecule has 1 amide bonds. The summed E-state index contributed by atoms with van der Waals surface area (Å²) in [6, 6.07) is 14.2. The van der Waals surface area contributed by atoms with Gasteiger partial charge in [-0.05, 0) is 23.8 Å². The molecule has 0 saturated carbocycles. The number of benzene rings is 2. The average Bonchev–Trinajstić information content (AvgIpc) is 2.67. The molecular formula is C20H22ClFN4O. The van der Waals surface area contributed by atoms with Crippen molar-refractivity contribution >= 4 is 23.7 Å². The smallest absolute Gasteiger partial charge is 0.254 e. The highest BCUT2D eigenvalue weighted by Crippen LogP contribution is 2.12. The summed E-state index contributed by atoms with van der Waals surface area (Å²) < 4.78 is 13.5. The van der Waals surface area contributed by atoms with Crippen molar-refractivity contribution in [3.8, 4) is 0 Å². The zero-order valence-electron chi connectivity index (χ0n) is 14.9. The highest BCUT2D eigenvalue weighted by atomic mass is 35.5. The molecule has 0 unspecified atom stereocenters. The van der Waals surface area contributed by atoms with E-state index in [4.69, 9.17) is 11.6 Å². The van der Waals surface area contributed by atoms with E-state index >= 15 is 0 Å². The third-order valence-electron chi connectivity index (χ3n) is 4.45. The molecule has 1 aliphatic heterocycles. The normalized spacial score (nSPS) is 15.9. The molecule has 0 bridgehead atoms. The Bertz CT molecular complexity index is 789. The van der Waals surface area contributed by atoms with Crippen LogP contribution in [0.1, 0.15) is 11.1 Å². The zero-order valence-corrected chi connectivity index (χ0v) is 15.7.